The number of amides is 1. The summed E-state index contributed by atoms with van der Waals surface area (Å²) >= 11 is 2.68. The van der Waals surface area contributed by atoms with E-state index in [9.17, 15) is 14.4 Å². The number of carbonyl (C=O) groups is 2. The Labute approximate surface area is 188 Å². The number of aromatic nitrogens is 4. The molecule has 0 radical (unpaired) electrons. The van der Waals surface area contributed by atoms with Crippen LogP contribution in [0.2, 0.25) is 0 Å². The lowest BCUT2D eigenvalue weighted by Crippen LogP contribution is -2.19. The summed E-state index contributed by atoms with van der Waals surface area (Å²) in [7, 11) is 1.63. The Bertz CT molecular complexity index is 1510. The van der Waals surface area contributed by atoms with Crippen molar-refractivity contribution in [2.45, 2.75) is 6.61 Å². The number of hydrogen-bond acceptors (Lipinski definition) is 8. The zero-order valence-electron chi connectivity index (χ0n) is 16.6. The number of aryl methyl sites for hydroxylation is 1. The van der Waals surface area contributed by atoms with E-state index < -0.39 is 5.97 Å². The molecular formula is C21H15N5O4S2. The van der Waals surface area contributed by atoms with Crippen molar-refractivity contribution < 1.29 is 14.3 Å². The molecule has 0 bridgehead atoms. The molecule has 0 unspecified atom stereocenters. The first kappa shape index (κ1) is 20.1. The molecule has 0 saturated carbocycles. The molecule has 0 atom stereocenters. The number of carbonyl (C=O) groups excluding carboxylic acids is 2. The highest BCUT2D eigenvalue weighted by Crippen LogP contribution is 2.20. The topological polar surface area (TPSA) is 108 Å². The monoisotopic (exact) mass is 465 g/mol. The van der Waals surface area contributed by atoms with Crippen molar-refractivity contribution >= 4 is 56.2 Å². The van der Waals surface area contributed by atoms with Crippen LogP contribution in [0, 0.1) is 0 Å². The van der Waals surface area contributed by atoms with Crippen LogP contribution in [0.1, 0.15) is 25.9 Å². The van der Waals surface area contributed by atoms with Crippen molar-refractivity contribution in [3.63, 3.8) is 0 Å². The maximum atomic E-state index is 12.5. The molecule has 160 valence electrons. The molecule has 0 fully saturated rings. The molecule has 4 aromatic heterocycles. The van der Waals surface area contributed by atoms with Crippen molar-refractivity contribution in [2.75, 3.05) is 5.32 Å². The Morgan fingerprint density at radius 2 is 1.88 bits per heavy atom. The van der Waals surface area contributed by atoms with Gasteiger partial charge in [-0.15, -0.1) is 32.9 Å². The van der Waals surface area contributed by atoms with E-state index in [-0.39, 0.29) is 18.1 Å². The lowest BCUT2D eigenvalue weighted by molar-refractivity contribution is 0.0461. The number of nitrogens with one attached hydrogen (secondary N) is 1. The van der Waals surface area contributed by atoms with Gasteiger partial charge < -0.3 is 10.1 Å². The first-order valence-corrected chi connectivity index (χ1v) is 11.2. The Morgan fingerprint density at radius 3 is 2.62 bits per heavy atom. The Morgan fingerprint density at radius 1 is 1.06 bits per heavy atom. The average Bonchev–Trinajstić information content (AvgIpc) is 3.56. The van der Waals surface area contributed by atoms with Crippen LogP contribution in [0.4, 0.5) is 5.69 Å². The Hall–Kier alpha value is -3.83. The molecule has 1 N–H and O–H groups in total. The molecule has 0 aliphatic rings. The van der Waals surface area contributed by atoms with E-state index >= 15 is 0 Å². The maximum absolute atomic E-state index is 12.5. The van der Waals surface area contributed by atoms with Gasteiger partial charge in [-0.1, -0.05) is 6.07 Å². The van der Waals surface area contributed by atoms with Crippen LogP contribution < -0.4 is 10.9 Å². The summed E-state index contributed by atoms with van der Waals surface area (Å²) in [6.07, 6.45) is 0. The second kappa shape index (κ2) is 8.02. The van der Waals surface area contributed by atoms with E-state index in [4.69, 9.17) is 4.74 Å². The van der Waals surface area contributed by atoms with Gasteiger partial charge in [0, 0.05) is 12.7 Å². The summed E-state index contributed by atoms with van der Waals surface area (Å²) in [5, 5.41) is 14.6. The minimum absolute atomic E-state index is 0.111. The van der Waals surface area contributed by atoms with Crippen LogP contribution in [0.5, 0.6) is 0 Å². The van der Waals surface area contributed by atoms with Crippen LogP contribution in [-0.4, -0.2) is 31.0 Å². The van der Waals surface area contributed by atoms with Crippen molar-refractivity contribution in [3.8, 4) is 0 Å². The lowest BCUT2D eigenvalue weighted by atomic mass is 10.2. The number of esters is 1. The highest BCUT2D eigenvalue weighted by Gasteiger charge is 2.17. The summed E-state index contributed by atoms with van der Waals surface area (Å²) in [5.74, 6) is 0.0392. The quantitative estimate of drug-likeness (QED) is 0.399. The fraction of sp³-hybridized carbons (Fsp3) is 0.0952. The number of nitrogens with zero attached hydrogens (tertiary/aromatic N) is 4. The zero-order valence-corrected chi connectivity index (χ0v) is 18.3. The lowest BCUT2D eigenvalue weighted by Gasteiger charge is -2.07. The van der Waals surface area contributed by atoms with Gasteiger partial charge in [-0.25, -0.2) is 4.79 Å². The molecule has 0 spiro atoms. The SMILES string of the molecule is Cn1c(=O)c2sccc2n2c(COC(=O)c3ccc(NC(=O)c4cccs4)cc3)nnc12. The van der Waals surface area contributed by atoms with E-state index in [1.54, 1.807) is 47.8 Å². The number of thiophene rings is 2. The molecule has 32 heavy (non-hydrogen) atoms. The predicted molar refractivity (Wildman–Crippen MR) is 121 cm³/mol. The van der Waals surface area contributed by atoms with E-state index in [2.05, 4.69) is 15.5 Å². The third kappa shape index (κ3) is 3.47. The molecule has 4 heterocycles. The molecule has 1 amide bonds. The van der Waals surface area contributed by atoms with Gasteiger partial charge in [0.05, 0.1) is 16.0 Å². The molecule has 0 saturated heterocycles. The number of fused-ring (bicyclic) bond motifs is 3. The van der Waals surface area contributed by atoms with Crippen molar-refractivity contribution in [2.24, 2.45) is 7.05 Å². The molecule has 9 nitrogen and oxygen atoms in total. The van der Waals surface area contributed by atoms with Gasteiger partial charge in [-0.2, -0.15) is 0 Å². The van der Waals surface area contributed by atoms with Crippen LogP contribution in [0.25, 0.3) is 16.0 Å². The molecule has 11 heteroatoms. The minimum atomic E-state index is -0.538. The van der Waals surface area contributed by atoms with Crippen LogP contribution in [0.15, 0.2) is 58.0 Å². The molecule has 5 aromatic rings. The smallest absolute Gasteiger partial charge is 0.338 e. The largest absolute Gasteiger partial charge is 0.454 e. The van der Waals surface area contributed by atoms with E-state index in [1.807, 2.05) is 16.8 Å². The van der Waals surface area contributed by atoms with Gasteiger partial charge in [0.15, 0.2) is 12.4 Å². The fourth-order valence-electron chi connectivity index (χ4n) is 3.25. The Balaban J connectivity index is 1.31. The van der Waals surface area contributed by atoms with Gasteiger partial charge in [0.25, 0.3) is 11.5 Å². The normalized spacial score (nSPS) is 11.2. The average molecular weight is 466 g/mol. The molecule has 0 aliphatic carbocycles. The van der Waals surface area contributed by atoms with Crippen LogP contribution >= 0.6 is 22.7 Å². The first-order valence-electron chi connectivity index (χ1n) is 9.45. The predicted octanol–water partition coefficient (Wildman–Crippen LogP) is 3.31. The standard InChI is InChI=1S/C21H15N5O4S2/c1-25-19(28)17-14(8-10-32-17)26-16(23-24-21(25)26)11-30-20(29)12-4-6-13(7-5-12)22-18(27)15-3-2-9-31-15/h2-10H,11H2,1H3,(H,22,27). The van der Waals surface area contributed by atoms with E-state index in [1.165, 1.54) is 27.2 Å². The van der Waals surface area contributed by atoms with Gasteiger partial charge >= 0.3 is 5.97 Å². The summed E-state index contributed by atoms with van der Waals surface area (Å²) in [6, 6.07) is 11.8. The highest BCUT2D eigenvalue weighted by atomic mass is 32.1. The first-order chi connectivity index (χ1) is 15.5. The van der Waals surface area contributed by atoms with E-state index in [0.717, 1.165) is 0 Å². The van der Waals surface area contributed by atoms with Crippen LogP contribution in [0.3, 0.4) is 0 Å². The summed E-state index contributed by atoms with van der Waals surface area (Å²) in [6.45, 7) is -0.111. The minimum Gasteiger partial charge on any atom is -0.454 e. The number of anilines is 1. The van der Waals surface area contributed by atoms with Crippen LogP contribution in [-0.2, 0) is 18.4 Å². The molecule has 5 rings (SSSR count). The van der Waals surface area contributed by atoms with Gasteiger partial charge in [0.1, 0.15) is 4.70 Å². The second-order valence-corrected chi connectivity index (χ2v) is 8.70. The third-order valence-electron chi connectivity index (χ3n) is 4.85. The van der Waals surface area contributed by atoms with Gasteiger partial charge in [-0.3, -0.25) is 18.6 Å². The van der Waals surface area contributed by atoms with Crippen molar-refractivity contribution in [1.82, 2.24) is 19.2 Å². The van der Waals surface area contributed by atoms with Crippen molar-refractivity contribution in [3.05, 3.63) is 79.8 Å². The number of benzene rings is 1. The summed E-state index contributed by atoms with van der Waals surface area (Å²) in [5.41, 5.74) is 1.44. The zero-order chi connectivity index (χ0) is 22.2. The maximum Gasteiger partial charge on any atom is 0.338 e. The van der Waals surface area contributed by atoms with Gasteiger partial charge in [-0.05, 0) is 47.2 Å². The molecule has 0 aliphatic heterocycles. The number of hydrogen-bond donors (Lipinski definition) is 1. The molecule has 1 aromatic carbocycles. The number of ether oxygens (including phenoxy) is 1. The number of rotatable bonds is 5. The van der Waals surface area contributed by atoms with Gasteiger partial charge in [0.2, 0.25) is 5.78 Å². The molecular weight excluding hydrogens is 450 g/mol. The summed E-state index contributed by atoms with van der Waals surface area (Å²) < 4.78 is 9.13. The second-order valence-electron chi connectivity index (χ2n) is 6.84. The summed E-state index contributed by atoms with van der Waals surface area (Å²) in [4.78, 5) is 37.6. The third-order valence-corrected chi connectivity index (χ3v) is 6.61. The fourth-order valence-corrected chi connectivity index (χ4v) is 4.72. The van der Waals surface area contributed by atoms with Crippen molar-refractivity contribution in [1.29, 1.82) is 0 Å². The highest BCUT2D eigenvalue weighted by molar-refractivity contribution is 7.17. The van der Waals surface area contributed by atoms with E-state index in [0.29, 0.717) is 37.9 Å². The Kier molecular flexibility index (Phi) is 5.04.